The third-order valence-corrected chi connectivity index (χ3v) is 6.77. The van der Waals surface area contributed by atoms with Gasteiger partial charge in [-0.25, -0.2) is 4.79 Å². The first kappa shape index (κ1) is 25.8. The lowest BCUT2D eigenvalue weighted by Crippen LogP contribution is -2.38. The average Bonchev–Trinajstić information content (AvgIpc) is 2.81. The van der Waals surface area contributed by atoms with E-state index < -0.39 is 11.9 Å². The number of ketones is 1. The number of halogens is 1. The molecule has 1 aliphatic heterocycles. The molecule has 0 amide bonds. The van der Waals surface area contributed by atoms with Gasteiger partial charge in [0.15, 0.2) is 17.3 Å². The van der Waals surface area contributed by atoms with Crippen molar-refractivity contribution >= 4 is 23.4 Å². The van der Waals surface area contributed by atoms with Gasteiger partial charge in [-0.3, -0.25) is 4.79 Å². The maximum Gasteiger partial charge on any atom is 0.336 e. The summed E-state index contributed by atoms with van der Waals surface area (Å²) in [6.45, 7) is 8.36. The van der Waals surface area contributed by atoms with Crippen LogP contribution in [0.2, 0.25) is 5.02 Å². The fraction of sp³-hybridized carbons (Fsp3) is 0.379. The molecule has 1 heterocycles. The summed E-state index contributed by atoms with van der Waals surface area (Å²) in [5.74, 6) is 0.114. The lowest BCUT2D eigenvalue weighted by Gasteiger charge is -2.39. The molecule has 0 bridgehead atoms. The number of dihydropyridines is 1. The predicted molar refractivity (Wildman–Crippen MR) is 139 cm³/mol. The first-order chi connectivity index (χ1) is 17.1. The van der Waals surface area contributed by atoms with Crippen LogP contribution in [0.4, 0.5) is 0 Å². The Hall–Kier alpha value is -3.25. The quantitative estimate of drug-likeness (QED) is 0.455. The number of carbonyl (C=O) groups excluding carboxylic acids is 2. The zero-order valence-corrected chi connectivity index (χ0v) is 22.1. The summed E-state index contributed by atoms with van der Waals surface area (Å²) in [5.41, 5.74) is 4.17. The summed E-state index contributed by atoms with van der Waals surface area (Å²) in [6.07, 6.45) is 1.13. The monoisotopic (exact) mass is 509 g/mol. The number of carbonyl (C=O) groups is 2. The Morgan fingerprint density at radius 2 is 1.92 bits per heavy atom. The number of benzene rings is 2. The van der Waals surface area contributed by atoms with E-state index in [1.54, 1.807) is 14.0 Å². The predicted octanol–water partition coefficient (Wildman–Crippen LogP) is 6.09. The van der Waals surface area contributed by atoms with Crippen molar-refractivity contribution in [2.45, 2.75) is 53.1 Å². The van der Waals surface area contributed by atoms with Gasteiger partial charge in [0.1, 0.15) is 6.61 Å². The summed E-state index contributed by atoms with van der Waals surface area (Å²) in [5, 5.41) is 3.99. The van der Waals surface area contributed by atoms with Gasteiger partial charge in [-0.05, 0) is 61.1 Å². The molecule has 1 atom stereocenters. The molecule has 1 N–H and O–H groups in total. The van der Waals surface area contributed by atoms with Crippen LogP contribution in [0, 0.1) is 5.41 Å². The van der Waals surface area contributed by atoms with Crippen LogP contribution in [0.5, 0.6) is 11.5 Å². The highest BCUT2D eigenvalue weighted by atomic mass is 35.5. The second kappa shape index (κ2) is 10.4. The number of hydrogen-bond donors (Lipinski definition) is 1. The maximum atomic E-state index is 13.4. The van der Waals surface area contributed by atoms with E-state index in [2.05, 4.69) is 19.2 Å². The largest absolute Gasteiger partial charge is 0.493 e. The van der Waals surface area contributed by atoms with Crippen LogP contribution in [0.1, 0.15) is 57.6 Å². The number of allylic oxidation sites excluding steroid dienone is 3. The minimum atomic E-state index is -0.556. The molecule has 0 aromatic heterocycles. The number of Topliss-reactive ketones (excluding diaryl/α,β-unsaturated/α-hetero) is 1. The van der Waals surface area contributed by atoms with Gasteiger partial charge in [-0.1, -0.05) is 43.6 Å². The van der Waals surface area contributed by atoms with E-state index >= 15 is 0 Å². The molecule has 6 nitrogen and oxygen atoms in total. The van der Waals surface area contributed by atoms with Gasteiger partial charge in [0.2, 0.25) is 0 Å². The zero-order chi connectivity index (χ0) is 26.0. The number of esters is 1. The van der Waals surface area contributed by atoms with Gasteiger partial charge in [-0.15, -0.1) is 0 Å². The first-order valence-electron chi connectivity index (χ1n) is 12.1. The summed E-state index contributed by atoms with van der Waals surface area (Å²) in [4.78, 5) is 26.5. The van der Waals surface area contributed by atoms with Crippen LogP contribution < -0.4 is 14.8 Å². The van der Waals surface area contributed by atoms with Gasteiger partial charge in [-0.2, -0.15) is 0 Å². The second-order valence-corrected chi connectivity index (χ2v) is 10.4. The molecule has 2 aliphatic rings. The Morgan fingerprint density at radius 1 is 1.14 bits per heavy atom. The molecule has 2 aromatic rings. The lowest BCUT2D eigenvalue weighted by molar-refractivity contribution is -0.138. The van der Waals surface area contributed by atoms with Crippen LogP contribution >= 0.6 is 11.6 Å². The molecule has 4 rings (SSSR count). The van der Waals surface area contributed by atoms with E-state index in [4.69, 9.17) is 25.8 Å². The number of rotatable bonds is 7. The van der Waals surface area contributed by atoms with Crippen molar-refractivity contribution in [2.24, 2.45) is 5.41 Å². The molecule has 7 heteroatoms. The average molecular weight is 510 g/mol. The van der Waals surface area contributed by atoms with Crippen molar-refractivity contribution in [3.05, 3.63) is 81.2 Å². The molecule has 1 aliphatic carbocycles. The van der Waals surface area contributed by atoms with Crippen molar-refractivity contribution in [1.82, 2.24) is 5.32 Å². The summed E-state index contributed by atoms with van der Waals surface area (Å²) in [6, 6.07) is 13.0. The topological polar surface area (TPSA) is 73.9 Å². The van der Waals surface area contributed by atoms with E-state index in [-0.39, 0.29) is 17.8 Å². The normalized spacial score (nSPS) is 18.9. The highest BCUT2D eigenvalue weighted by molar-refractivity contribution is 6.30. The Morgan fingerprint density at radius 3 is 2.61 bits per heavy atom. The number of hydrogen-bond acceptors (Lipinski definition) is 6. The highest BCUT2D eigenvalue weighted by Crippen LogP contribution is 2.48. The fourth-order valence-corrected chi connectivity index (χ4v) is 5.23. The number of methoxy groups -OCH3 is 1. The molecule has 0 unspecified atom stereocenters. The molecule has 0 saturated carbocycles. The van der Waals surface area contributed by atoms with Crippen molar-refractivity contribution < 1.29 is 23.8 Å². The minimum absolute atomic E-state index is 0.0355. The summed E-state index contributed by atoms with van der Waals surface area (Å²) in [7, 11) is 1.57. The highest BCUT2D eigenvalue weighted by Gasteiger charge is 2.43. The molecule has 190 valence electrons. The smallest absolute Gasteiger partial charge is 0.336 e. The van der Waals surface area contributed by atoms with Crippen LogP contribution in [0.25, 0.3) is 0 Å². The Labute approximate surface area is 217 Å². The van der Waals surface area contributed by atoms with Crippen molar-refractivity contribution in [3.63, 3.8) is 0 Å². The maximum absolute atomic E-state index is 13.4. The first-order valence-corrected chi connectivity index (χ1v) is 12.5. The minimum Gasteiger partial charge on any atom is -0.493 e. The Balaban J connectivity index is 1.74. The lowest BCUT2D eigenvalue weighted by atomic mass is 9.68. The van der Waals surface area contributed by atoms with Gasteiger partial charge < -0.3 is 19.5 Å². The van der Waals surface area contributed by atoms with Crippen LogP contribution in [-0.4, -0.2) is 25.5 Å². The zero-order valence-electron chi connectivity index (χ0n) is 21.4. The van der Waals surface area contributed by atoms with Crippen LogP contribution in [0.15, 0.2) is 65.0 Å². The van der Waals surface area contributed by atoms with Gasteiger partial charge in [0.05, 0.1) is 19.3 Å². The number of ether oxygens (including phenoxy) is 3. The SMILES string of the molecule is CCOC(=O)C1=C(C)NC2=C(C(=O)CC(C)(C)C2)[C@@H]1c1ccc(OCc2cccc(Cl)c2)c(OC)c1. The van der Waals surface area contributed by atoms with E-state index in [1.165, 1.54) is 0 Å². The summed E-state index contributed by atoms with van der Waals surface area (Å²) < 4.78 is 17.1. The van der Waals surface area contributed by atoms with Gasteiger partial charge >= 0.3 is 5.97 Å². The van der Waals surface area contributed by atoms with E-state index in [9.17, 15) is 9.59 Å². The molecule has 0 saturated heterocycles. The van der Waals surface area contributed by atoms with Crippen molar-refractivity contribution in [3.8, 4) is 11.5 Å². The second-order valence-electron chi connectivity index (χ2n) is 9.98. The fourth-order valence-electron chi connectivity index (χ4n) is 5.02. The third-order valence-electron chi connectivity index (χ3n) is 6.54. The molecule has 0 radical (unpaired) electrons. The molecule has 0 spiro atoms. The van der Waals surface area contributed by atoms with Crippen molar-refractivity contribution in [2.75, 3.05) is 13.7 Å². The number of nitrogens with one attached hydrogen (secondary N) is 1. The third kappa shape index (κ3) is 5.29. The van der Waals surface area contributed by atoms with Crippen molar-refractivity contribution in [1.29, 1.82) is 0 Å². The van der Waals surface area contributed by atoms with E-state index in [0.29, 0.717) is 46.4 Å². The van der Waals surface area contributed by atoms with Crippen LogP contribution in [-0.2, 0) is 20.9 Å². The Bertz CT molecular complexity index is 1260. The Kier molecular flexibility index (Phi) is 7.46. The van der Waals surface area contributed by atoms with Crippen LogP contribution in [0.3, 0.4) is 0 Å². The van der Waals surface area contributed by atoms with E-state index in [1.807, 2.05) is 49.4 Å². The molecular formula is C29H32ClNO5. The molecular weight excluding hydrogens is 478 g/mol. The van der Waals surface area contributed by atoms with Gasteiger partial charge in [0, 0.05) is 34.3 Å². The van der Waals surface area contributed by atoms with E-state index in [0.717, 1.165) is 23.2 Å². The molecule has 36 heavy (non-hydrogen) atoms. The van der Waals surface area contributed by atoms with Gasteiger partial charge in [0.25, 0.3) is 0 Å². The summed E-state index contributed by atoms with van der Waals surface area (Å²) >= 11 is 6.09. The standard InChI is InChI=1S/C29H32ClNO5/c1-6-35-28(33)25-17(2)31-21-14-29(3,4)15-22(32)27(21)26(25)19-10-11-23(24(13-19)34-5)36-16-18-8-7-9-20(30)12-18/h7-13,26,31H,6,14-16H2,1-5H3/t26-/m1/s1. The molecule has 0 fully saturated rings. The molecule has 2 aromatic carbocycles.